The summed E-state index contributed by atoms with van der Waals surface area (Å²) in [6, 6.07) is 22.3. The first kappa shape index (κ1) is 52.7. The molecule has 2 unspecified atom stereocenters. The molecular weight excluding hydrogens is 993 g/mol. The van der Waals surface area contributed by atoms with E-state index in [1.807, 2.05) is 94.3 Å². The number of ether oxygens (including phenoxy) is 3. The second-order valence-electron chi connectivity index (χ2n) is 22.3. The Balaban J connectivity index is 0.602. The fourth-order valence-electron chi connectivity index (χ4n) is 12.3. The van der Waals surface area contributed by atoms with Gasteiger partial charge in [-0.15, -0.1) is 10.2 Å². The van der Waals surface area contributed by atoms with Crippen LogP contribution >= 0.6 is 0 Å². The Morgan fingerprint density at radius 1 is 0.885 bits per heavy atom. The van der Waals surface area contributed by atoms with Gasteiger partial charge in [0.05, 0.1) is 47.6 Å². The van der Waals surface area contributed by atoms with Gasteiger partial charge in [0.15, 0.2) is 11.6 Å². The van der Waals surface area contributed by atoms with Crippen molar-refractivity contribution >= 4 is 29.0 Å². The highest BCUT2D eigenvalue weighted by atomic mass is 16.5. The predicted octanol–water partition coefficient (Wildman–Crippen LogP) is 6.43. The first-order chi connectivity index (χ1) is 37.7. The van der Waals surface area contributed by atoms with Gasteiger partial charge >= 0.3 is 0 Å². The second-order valence-corrected chi connectivity index (χ2v) is 22.3. The largest absolute Gasteiger partial charge is 0.507 e. The molecule has 412 valence electrons. The normalized spacial score (nSPS) is 23.3. The van der Waals surface area contributed by atoms with Crippen molar-refractivity contribution in [2.75, 3.05) is 61.4 Å². The Morgan fingerprint density at radius 2 is 1.64 bits per heavy atom. The van der Waals surface area contributed by atoms with Crippen LogP contribution in [0.25, 0.3) is 22.5 Å². The zero-order valence-electron chi connectivity index (χ0n) is 45.1. The number of nitrogens with two attached hydrogens (primary N) is 1. The second kappa shape index (κ2) is 22.6. The number of fused-ring (bicyclic) bond motifs is 2. The number of nitrogens with zero attached hydrogens (tertiary/aromatic N) is 10. The monoisotopic (exact) mass is 1060 g/mol. The Hall–Kier alpha value is -7.29. The third-order valence-corrected chi connectivity index (χ3v) is 16.5. The standard InChI is InChI=1S/C58H72N12O8/c1-34(2)54(58(74)69-33-42(71)25-49(69)57(73)62-36(4)37-10-12-38(13-11-37)55-35(3)30-61-66(55)5)51-29-53(65-78-51)75-23-22-67-20-17-43(18-21-67)76-44-26-45(27-44)77-52-24-39(16-19-60-52)70-40-14-15-41(70)32-68(31-40)48-28-47(63-64-56(48)59)46-8-6-7-9-50(46)72/h6-13,16,19,24,28-30,34,36,40-45,49,54,71-72H,14-15,17-18,20-23,25-27,31-33H2,1-5H3,(H2,59,64)(H,62,73)/t36-,40?,41?,42+,44-,45-,49-,54+/m0/s1. The molecule has 11 rings (SSSR count). The third-order valence-electron chi connectivity index (χ3n) is 16.5. The molecule has 4 aromatic heterocycles. The topological polar surface area (TPSA) is 236 Å². The number of carbonyl (C=O) groups excluding carboxylic acids is 2. The minimum absolute atomic E-state index is 0.0487. The van der Waals surface area contributed by atoms with Crippen molar-refractivity contribution in [2.45, 2.75) is 127 Å². The lowest BCUT2D eigenvalue weighted by atomic mass is 9.91. The van der Waals surface area contributed by atoms with Crippen molar-refractivity contribution in [2.24, 2.45) is 13.0 Å². The number of aromatic hydroxyl groups is 1. The van der Waals surface area contributed by atoms with Crippen LogP contribution in [0.3, 0.4) is 0 Å². The molecule has 0 spiro atoms. The molecule has 2 aromatic carbocycles. The van der Waals surface area contributed by atoms with Crippen LogP contribution in [-0.4, -0.2) is 150 Å². The number of aliphatic hydroxyl groups excluding tert-OH is 1. The van der Waals surface area contributed by atoms with E-state index in [0.29, 0.717) is 47.7 Å². The van der Waals surface area contributed by atoms with Gasteiger partial charge in [0.25, 0.3) is 5.88 Å². The van der Waals surface area contributed by atoms with E-state index < -0.39 is 18.1 Å². The summed E-state index contributed by atoms with van der Waals surface area (Å²) in [5.74, 6) is 0.316. The number of nitrogens with one attached hydrogen (secondary N) is 1. The van der Waals surface area contributed by atoms with Crippen LogP contribution in [0.1, 0.15) is 94.6 Å². The SMILES string of the molecule is Cc1cnn(C)c1-c1ccc([C@H](C)NC(=O)[C@@H]2C[C@@H](O)CN2C(=O)[C@@H](c2cc(OCCN3CCC(O[C@H]4C[C@H](Oc5cc(N6C7CCC6CN(c6cc(-c8ccccc8O)nnc6N)C7)ccn5)C4)CC3)no2)C(C)C)cc1. The number of phenolic OH excluding ortho intramolecular Hbond substituents is 1. The predicted molar refractivity (Wildman–Crippen MR) is 293 cm³/mol. The number of anilines is 3. The van der Waals surface area contributed by atoms with Gasteiger partial charge < -0.3 is 54.7 Å². The van der Waals surface area contributed by atoms with E-state index in [1.54, 1.807) is 18.2 Å². The summed E-state index contributed by atoms with van der Waals surface area (Å²) in [4.78, 5) is 41.3. The molecular formula is C58H72N12O8. The van der Waals surface area contributed by atoms with Crippen LogP contribution < -0.4 is 30.3 Å². The van der Waals surface area contributed by atoms with Crippen LogP contribution in [0, 0.1) is 12.8 Å². The maximum Gasteiger partial charge on any atom is 0.254 e. The average Bonchev–Trinajstić information content (AvgIpc) is 4.29. The maximum absolute atomic E-state index is 14.3. The van der Waals surface area contributed by atoms with Crippen molar-refractivity contribution in [3.63, 3.8) is 0 Å². The van der Waals surface area contributed by atoms with Gasteiger partial charge in [0, 0.05) is 113 Å². The number of β-amino-alcohol motifs (C(OH)–C–C–N with tert-alkyl or cyclic N) is 1. The number of para-hydroxylation sites is 1. The molecule has 5 fully saturated rings. The van der Waals surface area contributed by atoms with Crippen LogP contribution in [0.4, 0.5) is 17.2 Å². The number of benzene rings is 2. The lowest BCUT2D eigenvalue weighted by Gasteiger charge is -2.43. The Kier molecular flexibility index (Phi) is 15.3. The number of pyridine rings is 1. The van der Waals surface area contributed by atoms with Crippen LogP contribution in [0.15, 0.2) is 89.7 Å². The fraction of sp³-hybridized carbons (Fsp3) is 0.500. The van der Waals surface area contributed by atoms with Gasteiger partial charge in [-0.3, -0.25) is 19.2 Å². The Bertz CT molecular complexity index is 3030. The molecule has 4 saturated heterocycles. The van der Waals surface area contributed by atoms with Gasteiger partial charge in [-0.1, -0.05) is 50.2 Å². The van der Waals surface area contributed by atoms with Crippen LogP contribution in [0.2, 0.25) is 0 Å². The van der Waals surface area contributed by atoms with Crippen molar-refractivity contribution in [1.29, 1.82) is 0 Å². The molecule has 78 heavy (non-hydrogen) atoms. The smallest absolute Gasteiger partial charge is 0.254 e. The highest BCUT2D eigenvalue weighted by Crippen LogP contribution is 2.41. The highest BCUT2D eigenvalue weighted by Gasteiger charge is 2.45. The molecule has 5 aliphatic rings. The first-order valence-corrected chi connectivity index (χ1v) is 27.7. The first-order valence-electron chi connectivity index (χ1n) is 27.7. The number of hydrogen-bond donors (Lipinski definition) is 4. The fourth-order valence-corrected chi connectivity index (χ4v) is 12.3. The van der Waals surface area contributed by atoms with Crippen molar-refractivity contribution in [3.05, 3.63) is 102 Å². The molecule has 6 atom stereocenters. The number of amides is 2. The molecule has 5 N–H and O–H groups in total. The molecule has 6 aromatic rings. The van der Waals surface area contributed by atoms with E-state index in [4.69, 9.17) is 24.5 Å². The Labute approximate surface area is 454 Å². The number of phenols is 1. The van der Waals surface area contributed by atoms with E-state index in [2.05, 4.69) is 57.6 Å². The zero-order chi connectivity index (χ0) is 54.2. The number of carbonyl (C=O) groups is 2. The van der Waals surface area contributed by atoms with E-state index in [-0.39, 0.29) is 72.9 Å². The summed E-state index contributed by atoms with van der Waals surface area (Å²) < 4.78 is 26.6. The minimum atomic E-state index is -0.837. The lowest BCUT2D eigenvalue weighted by molar-refractivity contribution is -0.141. The Morgan fingerprint density at radius 3 is 2.36 bits per heavy atom. The molecule has 4 aliphatic heterocycles. The number of aryl methyl sites for hydroxylation is 2. The van der Waals surface area contributed by atoms with Crippen LogP contribution in [0.5, 0.6) is 17.5 Å². The van der Waals surface area contributed by atoms with Crippen molar-refractivity contribution in [1.82, 2.24) is 45.2 Å². The molecule has 0 radical (unpaired) electrons. The summed E-state index contributed by atoms with van der Waals surface area (Å²) in [5, 5.41) is 41.4. The zero-order valence-corrected chi connectivity index (χ0v) is 45.1. The van der Waals surface area contributed by atoms with E-state index in [1.165, 1.54) is 4.90 Å². The van der Waals surface area contributed by atoms with Gasteiger partial charge in [-0.2, -0.15) is 5.10 Å². The number of likely N-dealkylation sites (tertiary alicyclic amines) is 2. The third kappa shape index (κ3) is 11.2. The van der Waals surface area contributed by atoms with Gasteiger partial charge in [-0.25, -0.2) is 4.98 Å². The molecule has 2 bridgehead atoms. The quantitative estimate of drug-likeness (QED) is 0.0726. The highest BCUT2D eigenvalue weighted by molar-refractivity contribution is 5.91. The van der Waals surface area contributed by atoms with E-state index >= 15 is 0 Å². The number of hydrogen-bond acceptors (Lipinski definition) is 17. The molecule has 20 nitrogen and oxygen atoms in total. The number of aliphatic hydroxyl groups is 1. The number of rotatable bonds is 18. The summed E-state index contributed by atoms with van der Waals surface area (Å²) in [6.07, 6.45) is 9.04. The van der Waals surface area contributed by atoms with Crippen molar-refractivity contribution < 1.29 is 38.5 Å². The maximum atomic E-state index is 14.3. The molecule has 1 aliphatic carbocycles. The van der Waals surface area contributed by atoms with E-state index in [9.17, 15) is 19.8 Å². The van der Waals surface area contributed by atoms with E-state index in [0.717, 1.165) is 98.5 Å². The van der Waals surface area contributed by atoms with Gasteiger partial charge in [0.1, 0.15) is 30.4 Å². The lowest BCUT2D eigenvalue weighted by Crippen LogP contribution is -2.54. The average molecular weight is 1070 g/mol. The molecule has 20 heteroatoms. The van der Waals surface area contributed by atoms with Crippen molar-refractivity contribution in [3.8, 4) is 40.0 Å². The molecule has 8 heterocycles. The summed E-state index contributed by atoms with van der Waals surface area (Å²) in [5.41, 5.74) is 13.6. The number of piperazine rings is 1. The van der Waals surface area contributed by atoms with Gasteiger partial charge in [-0.05, 0) is 86.0 Å². The summed E-state index contributed by atoms with van der Waals surface area (Å²) in [7, 11) is 1.91. The number of aromatic nitrogens is 6. The summed E-state index contributed by atoms with van der Waals surface area (Å²) >= 11 is 0. The molecule has 2 amide bonds. The molecule has 1 saturated carbocycles. The summed E-state index contributed by atoms with van der Waals surface area (Å²) in [6.45, 7) is 12.3. The number of nitrogen functional groups attached to an aromatic ring is 1. The minimum Gasteiger partial charge on any atom is -0.507 e. The van der Waals surface area contributed by atoms with Gasteiger partial charge in [0.2, 0.25) is 17.7 Å². The number of piperidine rings is 1. The van der Waals surface area contributed by atoms with Crippen LogP contribution in [-0.2, 0) is 21.4 Å².